The SMILES string of the molecule is CCN(CC(=O)NCc1ccc(F)cc1)C(=O)c1cnn(-c2ccccc2)n1. The average Bonchev–Trinajstić information content (AvgIpc) is 3.22. The molecule has 1 heterocycles. The molecule has 144 valence electrons. The molecule has 0 fully saturated rings. The first-order chi connectivity index (χ1) is 13.6. The fraction of sp³-hybridized carbons (Fsp3) is 0.200. The molecule has 0 aliphatic heterocycles. The third-order valence-corrected chi connectivity index (χ3v) is 4.10. The van der Waals surface area contributed by atoms with Gasteiger partial charge in [-0.25, -0.2) is 4.39 Å². The van der Waals surface area contributed by atoms with Gasteiger partial charge in [0, 0.05) is 13.1 Å². The van der Waals surface area contributed by atoms with E-state index in [-0.39, 0.29) is 36.4 Å². The first-order valence-corrected chi connectivity index (χ1v) is 8.85. The van der Waals surface area contributed by atoms with E-state index in [0.29, 0.717) is 6.54 Å². The predicted molar refractivity (Wildman–Crippen MR) is 101 cm³/mol. The molecule has 3 rings (SSSR count). The second-order valence-electron chi connectivity index (χ2n) is 6.08. The number of benzene rings is 2. The first kappa shape index (κ1) is 19.2. The smallest absolute Gasteiger partial charge is 0.276 e. The molecule has 0 saturated heterocycles. The van der Waals surface area contributed by atoms with Crippen LogP contribution in [0.25, 0.3) is 5.69 Å². The van der Waals surface area contributed by atoms with Gasteiger partial charge in [-0.2, -0.15) is 9.90 Å². The minimum Gasteiger partial charge on any atom is -0.350 e. The summed E-state index contributed by atoms with van der Waals surface area (Å²) in [5.41, 5.74) is 1.67. The van der Waals surface area contributed by atoms with Gasteiger partial charge in [-0.3, -0.25) is 9.59 Å². The van der Waals surface area contributed by atoms with Gasteiger partial charge in [0.25, 0.3) is 5.91 Å². The Morgan fingerprint density at radius 1 is 1.11 bits per heavy atom. The minimum absolute atomic E-state index is 0.102. The van der Waals surface area contributed by atoms with E-state index in [1.165, 1.54) is 28.0 Å². The van der Waals surface area contributed by atoms with Crippen LogP contribution in [0, 0.1) is 5.82 Å². The van der Waals surface area contributed by atoms with Gasteiger partial charge in [0.05, 0.1) is 18.4 Å². The summed E-state index contributed by atoms with van der Waals surface area (Å²) >= 11 is 0. The third-order valence-electron chi connectivity index (χ3n) is 4.10. The normalized spacial score (nSPS) is 10.5. The number of rotatable bonds is 7. The van der Waals surface area contributed by atoms with E-state index >= 15 is 0 Å². The van der Waals surface area contributed by atoms with Crippen molar-refractivity contribution in [2.45, 2.75) is 13.5 Å². The molecule has 2 amide bonds. The predicted octanol–water partition coefficient (Wildman–Crippen LogP) is 2.18. The van der Waals surface area contributed by atoms with Crippen molar-refractivity contribution in [3.8, 4) is 5.69 Å². The van der Waals surface area contributed by atoms with Crippen molar-refractivity contribution in [3.05, 3.63) is 77.9 Å². The van der Waals surface area contributed by atoms with Gasteiger partial charge in [-0.1, -0.05) is 30.3 Å². The summed E-state index contributed by atoms with van der Waals surface area (Å²) < 4.78 is 12.9. The summed E-state index contributed by atoms with van der Waals surface area (Å²) in [5, 5.41) is 11.0. The molecule has 0 spiro atoms. The quantitative estimate of drug-likeness (QED) is 0.680. The molecule has 8 heteroatoms. The van der Waals surface area contributed by atoms with Crippen LogP contribution in [0.2, 0.25) is 0 Å². The minimum atomic E-state index is -0.374. The first-order valence-electron chi connectivity index (χ1n) is 8.85. The summed E-state index contributed by atoms with van der Waals surface area (Å²) in [5.74, 6) is -1.02. The summed E-state index contributed by atoms with van der Waals surface area (Å²) in [6.45, 7) is 2.29. The van der Waals surface area contributed by atoms with E-state index in [1.54, 1.807) is 19.1 Å². The zero-order chi connectivity index (χ0) is 19.9. The van der Waals surface area contributed by atoms with E-state index in [0.717, 1.165) is 11.3 Å². The van der Waals surface area contributed by atoms with Crippen molar-refractivity contribution in [1.29, 1.82) is 0 Å². The van der Waals surface area contributed by atoms with Gasteiger partial charge in [0.1, 0.15) is 5.82 Å². The Kier molecular flexibility index (Phi) is 6.11. The van der Waals surface area contributed by atoms with Crippen LogP contribution < -0.4 is 5.32 Å². The highest BCUT2D eigenvalue weighted by Gasteiger charge is 2.20. The van der Waals surface area contributed by atoms with E-state index in [9.17, 15) is 14.0 Å². The Balaban J connectivity index is 1.59. The van der Waals surface area contributed by atoms with Gasteiger partial charge < -0.3 is 10.2 Å². The fourth-order valence-corrected chi connectivity index (χ4v) is 2.57. The molecule has 0 aliphatic carbocycles. The van der Waals surface area contributed by atoms with Crippen LogP contribution in [0.4, 0.5) is 4.39 Å². The topological polar surface area (TPSA) is 80.1 Å². The lowest BCUT2D eigenvalue weighted by molar-refractivity contribution is -0.121. The van der Waals surface area contributed by atoms with Crippen molar-refractivity contribution < 1.29 is 14.0 Å². The molecule has 0 radical (unpaired) electrons. The lowest BCUT2D eigenvalue weighted by Crippen LogP contribution is -2.40. The molecule has 0 saturated carbocycles. The molecule has 0 bridgehead atoms. The van der Waals surface area contributed by atoms with Crippen molar-refractivity contribution in [1.82, 2.24) is 25.2 Å². The monoisotopic (exact) mass is 381 g/mol. The standard InChI is InChI=1S/C20H20FN5O2/c1-2-25(14-19(27)22-12-15-8-10-16(21)11-9-15)20(28)18-13-23-26(24-18)17-6-4-3-5-7-17/h3-11,13H,2,12,14H2,1H3,(H,22,27). The second kappa shape index (κ2) is 8.90. The molecule has 0 atom stereocenters. The Hall–Kier alpha value is -3.55. The van der Waals surface area contributed by atoms with Crippen molar-refractivity contribution in [2.75, 3.05) is 13.1 Å². The van der Waals surface area contributed by atoms with E-state index in [4.69, 9.17) is 0 Å². The van der Waals surface area contributed by atoms with Gasteiger partial charge >= 0.3 is 0 Å². The molecule has 0 aliphatic rings. The second-order valence-corrected chi connectivity index (χ2v) is 6.08. The summed E-state index contributed by atoms with van der Waals surface area (Å²) in [6, 6.07) is 15.1. The van der Waals surface area contributed by atoms with Crippen LogP contribution in [0.15, 0.2) is 60.8 Å². The number of amides is 2. The van der Waals surface area contributed by atoms with Gasteiger partial charge in [0.2, 0.25) is 5.91 Å². The highest BCUT2D eigenvalue weighted by atomic mass is 19.1. The van der Waals surface area contributed by atoms with Crippen molar-refractivity contribution >= 4 is 11.8 Å². The van der Waals surface area contributed by atoms with Gasteiger partial charge in [-0.05, 0) is 36.8 Å². The largest absolute Gasteiger partial charge is 0.350 e. The van der Waals surface area contributed by atoms with Crippen LogP contribution in [0.1, 0.15) is 23.0 Å². The molecule has 7 nitrogen and oxygen atoms in total. The van der Waals surface area contributed by atoms with Crippen LogP contribution in [-0.4, -0.2) is 44.8 Å². The van der Waals surface area contributed by atoms with Crippen LogP contribution in [0.5, 0.6) is 0 Å². The number of carbonyl (C=O) groups excluding carboxylic acids is 2. The lowest BCUT2D eigenvalue weighted by Gasteiger charge is -2.19. The van der Waals surface area contributed by atoms with E-state index in [2.05, 4.69) is 15.5 Å². The van der Waals surface area contributed by atoms with Crippen LogP contribution >= 0.6 is 0 Å². The Morgan fingerprint density at radius 2 is 1.82 bits per heavy atom. The molecule has 1 N–H and O–H groups in total. The van der Waals surface area contributed by atoms with Gasteiger partial charge in [0.15, 0.2) is 5.69 Å². The summed E-state index contributed by atoms with van der Waals surface area (Å²) in [7, 11) is 0. The molecule has 28 heavy (non-hydrogen) atoms. The van der Waals surface area contributed by atoms with Crippen molar-refractivity contribution in [3.63, 3.8) is 0 Å². The van der Waals surface area contributed by atoms with Crippen LogP contribution in [0.3, 0.4) is 0 Å². The Bertz CT molecular complexity index is 941. The van der Waals surface area contributed by atoms with Crippen molar-refractivity contribution in [2.24, 2.45) is 0 Å². The summed E-state index contributed by atoms with van der Waals surface area (Å²) in [4.78, 5) is 27.6. The number of likely N-dealkylation sites (N-methyl/N-ethyl adjacent to an activating group) is 1. The number of carbonyl (C=O) groups is 2. The zero-order valence-electron chi connectivity index (χ0n) is 15.4. The number of para-hydroxylation sites is 1. The maximum atomic E-state index is 12.9. The number of nitrogens with zero attached hydrogens (tertiary/aromatic N) is 4. The summed E-state index contributed by atoms with van der Waals surface area (Å²) in [6.07, 6.45) is 1.38. The number of hydrogen-bond donors (Lipinski definition) is 1. The third kappa shape index (κ3) is 4.79. The number of hydrogen-bond acceptors (Lipinski definition) is 4. The average molecular weight is 381 g/mol. The molecule has 0 unspecified atom stereocenters. The van der Waals surface area contributed by atoms with Crippen LogP contribution in [-0.2, 0) is 11.3 Å². The fourth-order valence-electron chi connectivity index (χ4n) is 2.57. The maximum Gasteiger partial charge on any atom is 0.276 e. The van der Waals surface area contributed by atoms with E-state index in [1.807, 2.05) is 30.3 Å². The molecule has 1 aromatic heterocycles. The molecule has 2 aromatic carbocycles. The number of halogens is 1. The van der Waals surface area contributed by atoms with E-state index < -0.39 is 0 Å². The molecular weight excluding hydrogens is 361 g/mol. The van der Waals surface area contributed by atoms with Gasteiger partial charge in [-0.15, -0.1) is 5.10 Å². The number of aromatic nitrogens is 3. The Morgan fingerprint density at radius 3 is 2.50 bits per heavy atom. The zero-order valence-corrected chi connectivity index (χ0v) is 15.4. The lowest BCUT2D eigenvalue weighted by atomic mass is 10.2. The highest BCUT2D eigenvalue weighted by molar-refractivity contribution is 5.94. The maximum absolute atomic E-state index is 12.9. The molecular formula is C20H20FN5O2. The number of nitrogens with one attached hydrogen (secondary N) is 1. The Labute approximate surface area is 161 Å². The molecule has 3 aromatic rings. The highest BCUT2D eigenvalue weighted by Crippen LogP contribution is 2.07.